The third-order valence-electron chi connectivity index (χ3n) is 3.70. The predicted octanol–water partition coefficient (Wildman–Crippen LogP) is 1.22. The Labute approximate surface area is 160 Å². The highest BCUT2D eigenvalue weighted by atomic mass is 16.2. The summed E-state index contributed by atoms with van der Waals surface area (Å²) in [4.78, 5) is 46.2. The molecule has 10 nitrogen and oxygen atoms in total. The number of primary amides is 2. The number of benzene rings is 2. The maximum atomic E-state index is 12.1. The van der Waals surface area contributed by atoms with Gasteiger partial charge in [0.1, 0.15) is 0 Å². The Balaban J connectivity index is 2.41. The van der Waals surface area contributed by atoms with Crippen molar-refractivity contribution in [2.24, 2.45) is 11.5 Å². The quantitative estimate of drug-likeness (QED) is 0.456. The number of rotatable bonds is 5. The van der Waals surface area contributed by atoms with Crippen LogP contribution in [-0.4, -0.2) is 24.1 Å². The third kappa shape index (κ3) is 6.02. The molecule has 0 heterocycles. The summed E-state index contributed by atoms with van der Waals surface area (Å²) in [6.07, 6.45) is 0. The molecule has 0 saturated carbocycles. The Morgan fingerprint density at radius 2 is 0.929 bits per heavy atom. The minimum atomic E-state index is -1.03. The van der Waals surface area contributed by atoms with Crippen LogP contribution < -0.4 is 32.7 Å². The standard InChI is InChI=1S/C18H20N6O4/c19-15(25)23-17(27)21-13(11-7-3-1-4-8-11)14(12-9-5-2-6-10-12)22-18(28)24-16(20)26/h1-10,13-14H,(H4,19,21,23,25,27)(H4,20,22,24,26,28). The molecule has 2 aromatic carbocycles. The molecule has 10 heteroatoms. The fourth-order valence-corrected chi connectivity index (χ4v) is 2.62. The number of urea groups is 4. The van der Waals surface area contributed by atoms with E-state index in [0.717, 1.165) is 0 Å². The van der Waals surface area contributed by atoms with Gasteiger partial charge in [0.25, 0.3) is 0 Å². The lowest BCUT2D eigenvalue weighted by molar-refractivity contribution is 0.218. The fraction of sp³-hybridized carbons (Fsp3) is 0.111. The lowest BCUT2D eigenvalue weighted by Crippen LogP contribution is -2.50. The van der Waals surface area contributed by atoms with E-state index >= 15 is 0 Å². The minimum absolute atomic E-state index is 0.635. The Bertz CT molecular complexity index is 772. The summed E-state index contributed by atoms with van der Waals surface area (Å²) in [6.45, 7) is 0. The van der Waals surface area contributed by atoms with Crippen LogP contribution in [0.15, 0.2) is 60.7 Å². The van der Waals surface area contributed by atoms with E-state index < -0.39 is 36.2 Å². The Kier molecular flexibility index (Phi) is 6.92. The Morgan fingerprint density at radius 1 is 0.607 bits per heavy atom. The van der Waals surface area contributed by atoms with E-state index in [2.05, 4.69) is 10.6 Å². The van der Waals surface area contributed by atoms with Gasteiger partial charge in [-0.2, -0.15) is 0 Å². The second-order valence-electron chi connectivity index (χ2n) is 5.70. The number of nitrogens with one attached hydrogen (secondary N) is 4. The van der Waals surface area contributed by atoms with E-state index in [4.69, 9.17) is 11.5 Å². The molecule has 0 bridgehead atoms. The topological polar surface area (TPSA) is 168 Å². The molecule has 0 aliphatic heterocycles. The number of amides is 8. The largest absolute Gasteiger partial charge is 0.351 e. The lowest BCUT2D eigenvalue weighted by Gasteiger charge is -2.29. The zero-order valence-corrected chi connectivity index (χ0v) is 14.7. The summed E-state index contributed by atoms with van der Waals surface area (Å²) < 4.78 is 0. The highest BCUT2D eigenvalue weighted by Gasteiger charge is 2.28. The lowest BCUT2D eigenvalue weighted by atomic mass is 9.93. The van der Waals surface area contributed by atoms with Gasteiger partial charge in [0.05, 0.1) is 12.1 Å². The van der Waals surface area contributed by atoms with Crippen LogP contribution in [0.1, 0.15) is 23.2 Å². The van der Waals surface area contributed by atoms with Crippen LogP contribution in [0.2, 0.25) is 0 Å². The Hall–Kier alpha value is -4.08. The molecule has 0 saturated heterocycles. The summed E-state index contributed by atoms with van der Waals surface area (Å²) in [5.41, 5.74) is 11.2. The normalized spacial score (nSPS) is 12.1. The maximum absolute atomic E-state index is 12.1. The van der Waals surface area contributed by atoms with Gasteiger partial charge in [-0.05, 0) is 11.1 Å². The van der Waals surface area contributed by atoms with Gasteiger partial charge in [0.15, 0.2) is 0 Å². The molecular formula is C18H20N6O4. The van der Waals surface area contributed by atoms with Gasteiger partial charge in [0, 0.05) is 0 Å². The van der Waals surface area contributed by atoms with Gasteiger partial charge in [0.2, 0.25) is 0 Å². The van der Waals surface area contributed by atoms with E-state index in [1.165, 1.54) is 0 Å². The molecule has 2 unspecified atom stereocenters. The molecule has 0 aliphatic rings. The van der Waals surface area contributed by atoms with Gasteiger partial charge in [-0.1, -0.05) is 60.7 Å². The molecule has 2 aromatic rings. The number of carbonyl (C=O) groups excluding carboxylic acids is 4. The number of hydrogen-bond donors (Lipinski definition) is 6. The van der Waals surface area contributed by atoms with E-state index in [-0.39, 0.29) is 0 Å². The summed E-state index contributed by atoms with van der Waals surface area (Å²) >= 11 is 0. The zero-order valence-electron chi connectivity index (χ0n) is 14.7. The highest BCUT2D eigenvalue weighted by Crippen LogP contribution is 2.29. The van der Waals surface area contributed by atoms with Crippen molar-refractivity contribution in [1.82, 2.24) is 21.3 Å². The molecular weight excluding hydrogens is 364 g/mol. The van der Waals surface area contributed by atoms with Crippen LogP contribution in [-0.2, 0) is 0 Å². The van der Waals surface area contributed by atoms with Crippen molar-refractivity contribution in [2.75, 3.05) is 0 Å². The van der Waals surface area contributed by atoms with Gasteiger partial charge in [-0.3, -0.25) is 10.6 Å². The number of hydrogen-bond acceptors (Lipinski definition) is 4. The van der Waals surface area contributed by atoms with E-state index in [0.29, 0.717) is 11.1 Å². The first kappa shape index (κ1) is 20.2. The van der Waals surface area contributed by atoms with Crippen molar-refractivity contribution in [3.05, 3.63) is 71.8 Å². The van der Waals surface area contributed by atoms with Crippen molar-refractivity contribution in [3.63, 3.8) is 0 Å². The van der Waals surface area contributed by atoms with Crippen LogP contribution in [0.4, 0.5) is 19.2 Å². The van der Waals surface area contributed by atoms with E-state index in [9.17, 15) is 19.2 Å². The van der Waals surface area contributed by atoms with E-state index in [1.807, 2.05) is 10.6 Å². The van der Waals surface area contributed by atoms with Gasteiger partial charge in [-0.25, -0.2) is 19.2 Å². The number of carbonyl (C=O) groups is 4. The monoisotopic (exact) mass is 384 g/mol. The number of nitrogens with two attached hydrogens (primary N) is 2. The first-order valence-corrected chi connectivity index (χ1v) is 8.20. The first-order chi connectivity index (χ1) is 13.4. The van der Waals surface area contributed by atoms with Gasteiger partial charge < -0.3 is 22.1 Å². The summed E-state index contributed by atoms with van der Waals surface area (Å²) in [5.74, 6) is 0. The second kappa shape index (κ2) is 9.57. The van der Waals surface area contributed by atoms with Crippen LogP contribution in [0.5, 0.6) is 0 Å². The average Bonchev–Trinajstić information content (AvgIpc) is 2.65. The van der Waals surface area contributed by atoms with Crippen molar-refractivity contribution >= 4 is 24.1 Å². The molecule has 0 radical (unpaired) electrons. The third-order valence-corrected chi connectivity index (χ3v) is 3.70. The molecule has 8 amide bonds. The summed E-state index contributed by atoms with van der Waals surface area (Å²) in [7, 11) is 0. The molecule has 2 atom stereocenters. The van der Waals surface area contributed by atoms with Crippen molar-refractivity contribution < 1.29 is 19.2 Å². The molecule has 0 fully saturated rings. The first-order valence-electron chi connectivity index (χ1n) is 8.20. The minimum Gasteiger partial charge on any atom is -0.351 e. The van der Waals surface area contributed by atoms with Crippen LogP contribution in [0.3, 0.4) is 0 Å². The molecule has 8 N–H and O–H groups in total. The maximum Gasteiger partial charge on any atom is 0.323 e. The van der Waals surface area contributed by atoms with Crippen molar-refractivity contribution in [2.45, 2.75) is 12.1 Å². The SMILES string of the molecule is NC(=O)NC(=O)NC(c1ccccc1)C(NC(=O)NC(N)=O)c1ccccc1. The van der Waals surface area contributed by atoms with Gasteiger partial charge >= 0.3 is 24.1 Å². The van der Waals surface area contributed by atoms with Crippen molar-refractivity contribution in [1.29, 1.82) is 0 Å². The fourth-order valence-electron chi connectivity index (χ4n) is 2.62. The smallest absolute Gasteiger partial charge is 0.323 e. The summed E-state index contributed by atoms with van der Waals surface area (Å²) in [6, 6.07) is 12.2. The predicted molar refractivity (Wildman–Crippen MR) is 101 cm³/mol. The van der Waals surface area contributed by atoms with Gasteiger partial charge in [-0.15, -0.1) is 0 Å². The Morgan fingerprint density at radius 3 is 1.21 bits per heavy atom. The molecule has 0 aliphatic carbocycles. The zero-order chi connectivity index (χ0) is 20.5. The molecule has 146 valence electrons. The highest BCUT2D eigenvalue weighted by molar-refractivity contribution is 5.93. The molecule has 28 heavy (non-hydrogen) atoms. The number of imide groups is 2. The van der Waals surface area contributed by atoms with Crippen molar-refractivity contribution in [3.8, 4) is 0 Å². The van der Waals surface area contributed by atoms with E-state index in [1.54, 1.807) is 60.7 Å². The van der Waals surface area contributed by atoms with Crippen LogP contribution >= 0.6 is 0 Å². The molecule has 0 spiro atoms. The van der Waals surface area contributed by atoms with Crippen LogP contribution in [0.25, 0.3) is 0 Å². The molecule has 2 rings (SSSR count). The molecule has 0 aromatic heterocycles. The second-order valence-corrected chi connectivity index (χ2v) is 5.70. The average molecular weight is 384 g/mol. The van der Waals surface area contributed by atoms with Crippen LogP contribution in [0, 0.1) is 0 Å². The summed E-state index contributed by atoms with van der Waals surface area (Å²) in [5, 5.41) is 9.07.